The highest BCUT2D eigenvalue weighted by Gasteiger charge is 2.26. The van der Waals surface area contributed by atoms with Crippen molar-refractivity contribution in [2.24, 2.45) is 5.73 Å². The topological polar surface area (TPSA) is 38.5 Å². The number of hydrogen-bond acceptors (Lipinski definition) is 3. The molecular formula is C14H21FN2O. The van der Waals surface area contributed by atoms with E-state index in [0.717, 1.165) is 18.7 Å². The first kappa shape index (κ1) is 13.5. The molecule has 0 radical (unpaired) electrons. The third kappa shape index (κ3) is 3.07. The molecule has 1 saturated heterocycles. The van der Waals surface area contributed by atoms with Gasteiger partial charge in [-0.3, -0.25) is 4.90 Å². The van der Waals surface area contributed by atoms with Gasteiger partial charge in [0.2, 0.25) is 0 Å². The Bertz CT molecular complexity index is 397. The maximum Gasteiger partial charge on any atom is 0.123 e. The van der Waals surface area contributed by atoms with Gasteiger partial charge >= 0.3 is 0 Å². The fourth-order valence-electron chi connectivity index (χ4n) is 2.34. The van der Waals surface area contributed by atoms with E-state index in [1.807, 2.05) is 13.0 Å². The van der Waals surface area contributed by atoms with Gasteiger partial charge in [0.15, 0.2) is 0 Å². The molecule has 0 amide bonds. The van der Waals surface area contributed by atoms with Gasteiger partial charge in [-0.25, -0.2) is 4.39 Å². The van der Waals surface area contributed by atoms with Gasteiger partial charge < -0.3 is 10.5 Å². The van der Waals surface area contributed by atoms with E-state index < -0.39 is 0 Å². The standard InChI is InChI=1S/C14H21FN2O/c1-10(16)14-9-17(6-7-18-14)11(2)12-4-3-5-13(15)8-12/h3-5,8,10-11,14H,6-7,9,16H2,1-2H3. The molecule has 0 spiro atoms. The van der Waals surface area contributed by atoms with Crippen LogP contribution >= 0.6 is 0 Å². The third-order valence-electron chi connectivity index (χ3n) is 3.59. The second kappa shape index (κ2) is 5.78. The van der Waals surface area contributed by atoms with Gasteiger partial charge in [-0.1, -0.05) is 12.1 Å². The molecule has 1 aromatic carbocycles. The predicted molar refractivity (Wildman–Crippen MR) is 69.8 cm³/mol. The first-order valence-electron chi connectivity index (χ1n) is 6.44. The summed E-state index contributed by atoms with van der Waals surface area (Å²) < 4.78 is 18.9. The van der Waals surface area contributed by atoms with Crippen LogP contribution in [0.4, 0.5) is 4.39 Å². The van der Waals surface area contributed by atoms with Gasteiger partial charge in [-0.2, -0.15) is 0 Å². The summed E-state index contributed by atoms with van der Waals surface area (Å²) in [5.74, 6) is -0.184. The van der Waals surface area contributed by atoms with Crippen LogP contribution in [-0.4, -0.2) is 36.7 Å². The molecule has 0 bridgehead atoms. The van der Waals surface area contributed by atoms with Crippen molar-refractivity contribution in [1.82, 2.24) is 4.90 Å². The van der Waals surface area contributed by atoms with Crippen LogP contribution in [0.15, 0.2) is 24.3 Å². The molecular weight excluding hydrogens is 231 g/mol. The van der Waals surface area contributed by atoms with Crippen molar-refractivity contribution in [3.63, 3.8) is 0 Å². The van der Waals surface area contributed by atoms with Gasteiger partial charge in [0.05, 0.1) is 12.7 Å². The number of nitrogens with two attached hydrogens (primary N) is 1. The Kier molecular flexibility index (Phi) is 4.32. The molecule has 18 heavy (non-hydrogen) atoms. The van der Waals surface area contributed by atoms with Crippen LogP contribution in [-0.2, 0) is 4.74 Å². The maximum atomic E-state index is 13.2. The first-order chi connectivity index (χ1) is 8.58. The second-order valence-corrected chi connectivity index (χ2v) is 4.99. The zero-order valence-corrected chi connectivity index (χ0v) is 11.0. The summed E-state index contributed by atoms with van der Waals surface area (Å²) in [5.41, 5.74) is 6.88. The van der Waals surface area contributed by atoms with Crippen molar-refractivity contribution in [1.29, 1.82) is 0 Å². The van der Waals surface area contributed by atoms with E-state index in [4.69, 9.17) is 10.5 Å². The van der Waals surface area contributed by atoms with E-state index in [2.05, 4.69) is 11.8 Å². The van der Waals surface area contributed by atoms with Crippen molar-refractivity contribution < 1.29 is 9.13 Å². The number of morpholine rings is 1. The summed E-state index contributed by atoms with van der Waals surface area (Å²) in [6.45, 7) is 6.40. The Morgan fingerprint density at radius 1 is 1.44 bits per heavy atom. The number of benzene rings is 1. The molecule has 4 heteroatoms. The molecule has 100 valence electrons. The van der Waals surface area contributed by atoms with Gasteiger partial charge in [0.1, 0.15) is 5.82 Å². The Labute approximate surface area is 108 Å². The smallest absolute Gasteiger partial charge is 0.123 e. The Morgan fingerprint density at radius 2 is 2.22 bits per heavy atom. The van der Waals surface area contributed by atoms with Crippen LogP contribution in [0.25, 0.3) is 0 Å². The molecule has 0 saturated carbocycles. The van der Waals surface area contributed by atoms with Gasteiger partial charge in [0, 0.05) is 25.2 Å². The summed E-state index contributed by atoms with van der Waals surface area (Å²) in [6.07, 6.45) is 0.0646. The second-order valence-electron chi connectivity index (χ2n) is 4.99. The summed E-state index contributed by atoms with van der Waals surface area (Å²) in [5, 5.41) is 0. The zero-order valence-electron chi connectivity index (χ0n) is 11.0. The molecule has 1 aromatic rings. The zero-order chi connectivity index (χ0) is 13.1. The van der Waals surface area contributed by atoms with E-state index in [1.54, 1.807) is 12.1 Å². The van der Waals surface area contributed by atoms with Crippen molar-refractivity contribution in [2.45, 2.75) is 32.0 Å². The average molecular weight is 252 g/mol. The minimum Gasteiger partial charge on any atom is -0.374 e. The highest BCUT2D eigenvalue weighted by Crippen LogP contribution is 2.23. The van der Waals surface area contributed by atoms with Crippen LogP contribution < -0.4 is 5.73 Å². The van der Waals surface area contributed by atoms with Crippen LogP contribution in [0.1, 0.15) is 25.5 Å². The molecule has 0 aliphatic carbocycles. The van der Waals surface area contributed by atoms with E-state index in [0.29, 0.717) is 6.61 Å². The maximum absolute atomic E-state index is 13.2. The molecule has 1 heterocycles. The number of nitrogens with zero attached hydrogens (tertiary/aromatic N) is 1. The molecule has 1 aliphatic heterocycles. The third-order valence-corrected chi connectivity index (χ3v) is 3.59. The van der Waals surface area contributed by atoms with E-state index in [9.17, 15) is 4.39 Å². The quantitative estimate of drug-likeness (QED) is 0.893. The van der Waals surface area contributed by atoms with Crippen LogP contribution in [0, 0.1) is 5.82 Å². The molecule has 3 nitrogen and oxygen atoms in total. The molecule has 2 rings (SSSR count). The lowest BCUT2D eigenvalue weighted by Gasteiger charge is -2.38. The van der Waals surface area contributed by atoms with Gasteiger partial charge in [0.25, 0.3) is 0 Å². The lowest BCUT2D eigenvalue weighted by molar-refractivity contribution is -0.0498. The van der Waals surface area contributed by atoms with E-state index in [-0.39, 0.29) is 24.0 Å². The van der Waals surface area contributed by atoms with E-state index in [1.165, 1.54) is 6.07 Å². The molecule has 3 atom stereocenters. The Hall–Kier alpha value is -0.970. The highest BCUT2D eigenvalue weighted by molar-refractivity contribution is 5.19. The number of hydrogen-bond donors (Lipinski definition) is 1. The first-order valence-corrected chi connectivity index (χ1v) is 6.44. The molecule has 2 N–H and O–H groups in total. The van der Waals surface area contributed by atoms with Gasteiger partial charge in [-0.05, 0) is 31.5 Å². The molecule has 1 fully saturated rings. The minimum atomic E-state index is -0.184. The average Bonchev–Trinajstić information content (AvgIpc) is 2.38. The molecule has 0 aromatic heterocycles. The summed E-state index contributed by atoms with van der Waals surface area (Å²) in [6, 6.07) is 6.99. The van der Waals surface area contributed by atoms with Crippen molar-refractivity contribution in [3.8, 4) is 0 Å². The largest absolute Gasteiger partial charge is 0.374 e. The fraction of sp³-hybridized carbons (Fsp3) is 0.571. The summed E-state index contributed by atoms with van der Waals surface area (Å²) in [7, 11) is 0. The number of halogens is 1. The van der Waals surface area contributed by atoms with E-state index >= 15 is 0 Å². The lowest BCUT2D eigenvalue weighted by atomic mass is 10.0. The fourth-order valence-corrected chi connectivity index (χ4v) is 2.34. The minimum absolute atomic E-state index is 0.0208. The number of ether oxygens (including phenoxy) is 1. The highest BCUT2D eigenvalue weighted by atomic mass is 19.1. The normalized spacial score (nSPS) is 24.8. The SMILES string of the molecule is CC(N)C1CN(C(C)c2cccc(F)c2)CCO1. The predicted octanol–water partition coefficient (Wildman–Crippen LogP) is 1.93. The Balaban J connectivity index is 2.06. The van der Waals surface area contributed by atoms with Crippen molar-refractivity contribution in [3.05, 3.63) is 35.6 Å². The number of rotatable bonds is 3. The monoisotopic (exact) mass is 252 g/mol. The Morgan fingerprint density at radius 3 is 2.89 bits per heavy atom. The van der Waals surface area contributed by atoms with Crippen molar-refractivity contribution in [2.75, 3.05) is 19.7 Å². The summed E-state index contributed by atoms with van der Waals surface area (Å²) in [4.78, 5) is 2.30. The van der Waals surface area contributed by atoms with Crippen molar-refractivity contribution >= 4 is 0 Å². The lowest BCUT2D eigenvalue weighted by Crippen LogP contribution is -2.50. The summed E-state index contributed by atoms with van der Waals surface area (Å²) >= 11 is 0. The molecule has 3 unspecified atom stereocenters. The molecule has 1 aliphatic rings. The van der Waals surface area contributed by atoms with Crippen LogP contribution in [0.2, 0.25) is 0 Å². The van der Waals surface area contributed by atoms with Gasteiger partial charge in [-0.15, -0.1) is 0 Å². The van der Waals surface area contributed by atoms with Crippen LogP contribution in [0.5, 0.6) is 0 Å². The van der Waals surface area contributed by atoms with Crippen LogP contribution in [0.3, 0.4) is 0 Å².